The molecule has 0 bridgehead atoms. The Hall–Kier alpha value is -0.870. The van der Waals surface area contributed by atoms with E-state index >= 15 is 0 Å². The lowest BCUT2D eigenvalue weighted by molar-refractivity contribution is 0.727. The van der Waals surface area contributed by atoms with Crippen molar-refractivity contribution in [2.45, 2.75) is 0 Å². The molecule has 0 atom stereocenters. The van der Waals surface area contributed by atoms with E-state index in [0.717, 1.165) is 15.9 Å². The summed E-state index contributed by atoms with van der Waals surface area (Å²) in [5.74, 6) is 0.905. The zero-order chi connectivity index (χ0) is 8.39. The summed E-state index contributed by atoms with van der Waals surface area (Å²) in [4.78, 5) is 4.21. The molecule has 0 aliphatic carbocycles. The van der Waals surface area contributed by atoms with Crippen LogP contribution < -0.4 is 10.9 Å². The van der Waals surface area contributed by atoms with Gasteiger partial charge in [0.15, 0.2) is 0 Å². The van der Waals surface area contributed by atoms with Crippen molar-refractivity contribution in [2.75, 3.05) is 6.67 Å². The predicted molar refractivity (Wildman–Crippen MR) is 51.8 cm³/mol. The Morgan fingerprint density at radius 2 is 2.00 bits per heavy atom. The molecular formula is C8H8BrN3. The van der Waals surface area contributed by atoms with E-state index in [1.807, 2.05) is 24.3 Å². The number of hydrogen-bond donors (Lipinski definition) is 2. The van der Waals surface area contributed by atoms with Gasteiger partial charge >= 0.3 is 0 Å². The van der Waals surface area contributed by atoms with E-state index in [0.29, 0.717) is 6.67 Å². The van der Waals surface area contributed by atoms with Crippen LogP contribution in [0.2, 0.25) is 0 Å². The van der Waals surface area contributed by atoms with Crippen molar-refractivity contribution in [1.29, 1.82) is 0 Å². The van der Waals surface area contributed by atoms with Gasteiger partial charge in [-0.15, -0.1) is 0 Å². The molecule has 0 unspecified atom stereocenters. The van der Waals surface area contributed by atoms with Gasteiger partial charge < -0.3 is 5.43 Å². The van der Waals surface area contributed by atoms with E-state index in [-0.39, 0.29) is 0 Å². The first kappa shape index (κ1) is 7.76. The summed E-state index contributed by atoms with van der Waals surface area (Å²) in [5, 5.41) is 0. The standard InChI is InChI=1S/C8H8BrN3/c9-7-3-1-6(2-4-7)8-10-5-11-12-8/h1-4,11H,5H2,(H,10,12). The van der Waals surface area contributed by atoms with Gasteiger partial charge in [0.2, 0.25) is 0 Å². The molecule has 12 heavy (non-hydrogen) atoms. The zero-order valence-corrected chi connectivity index (χ0v) is 7.93. The van der Waals surface area contributed by atoms with Gasteiger partial charge in [-0.05, 0) is 12.1 Å². The van der Waals surface area contributed by atoms with Crippen molar-refractivity contribution in [1.82, 2.24) is 10.9 Å². The van der Waals surface area contributed by atoms with Crippen LogP contribution in [0.15, 0.2) is 33.7 Å². The average Bonchev–Trinajstić information content (AvgIpc) is 2.58. The number of hydrazine groups is 1. The Morgan fingerprint density at radius 3 is 2.58 bits per heavy atom. The topological polar surface area (TPSA) is 36.4 Å². The molecule has 62 valence electrons. The van der Waals surface area contributed by atoms with Gasteiger partial charge in [0.1, 0.15) is 12.5 Å². The molecule has 4 heteroatoms. The molecule has 0 saturated heterocycles. The molecular weight excluding hydrogens is 218 g/mol. The highest BCUT2D eigenvalue weighted by Gasteiger charge is 2.05. The minimum atomic E-state index is 0.644. The summed E-state index contributed by atoms with van der Waals surface area (Å²) < 4.78 is 1.08. The van der Waals surface area contributed by atoms with Crippen LogP contribution in [0.5, 0.6) is 0 Å². The maximum Gasteiger partial charge on any atom is 0.144 e. The number of hydrogen-bond acceptors (Lipinski definition) is 3. The van der Waals surface area contributed by atoms with E-state index in [1.165, 1.54) is 0 Å². The molecule has 0 aromatic heterocycles. The molecule has 1 aliphatic heterocycles. The Balaban J connectivity index is 2.28. The van der Waals surface area contributed by atoms with Crippen LogP contribution in [0.3, 0.4) is 0 Å². The van der Waals surface area contributed by atoms with Crippen LogP contribution in [0.4, 0.5) is 0 Å². The van der Waals surface area contributed by atoms with Gasteiger partial charge in [-0.1, -0.05) is 28.1 Å². The van der Waals surface area contributed by atoms with Crippen molar-refractivity contribution in [3.05, 3.63) is 34.3 Å². The summed E-state index contributed by atoms with van der Waals surface area (Å²) in [6.07, 6.45) is 0. The van der Waals surface area contributed by atoms with Crippen molar-refractivity contribution in [2.24, 2.45) is 4.99 Å². The van der Waals surface area contributed by atoms with Crippen LogP contribution in [-0.4, -0.2) is 12.5 Å². The third kappa shape index (κ3) is 1.49. The maximum atomic E-state index is 4.21. The Bertz CT molecular complexity index is 305. The van der Waals surface area contributed by atoms with E-state index in [4.69, 9.17) is 0 Å². The number of nitrogens with zero attached hydrogens (tertiary/aromatic N) is 1. The largest absolute Gasteiger partial charge is 0.304 e. The number of amidine groups is 1. The van der Waals surface area contributed by atoms with Crippen LogP contribution in [0.1, 0.15) is 5.56 Å². The second kappa shape index (κ2) is 3.25. The quantitative estimate of drug-likeness (QED) is 0.756. The first-order valence-corrected chi connectivity index (χ1v) is 4.45. The fourth-order valence-electron chi connectivity index (χ4n) is 1.05. The van der Waals surface area contributed by atoms with Crippen LogP contribution >= 0.6 is 15.9 Å². The van der Waals surface area contributed by atoms with Crippen LogP contribution in [0, 0.1) is 0 Å². The molecule has 1 aliphatic rings. The summed E-state index contributed by atoms with van der Waals surface area (Å²) in [6.45, 7) is 0.644. The molecule has 2 N–H and O–H groups in total. The fourth-order valence-corrected chi connectivity index (χ4v) is 1.32. The van der Waals surface area contributed by atoms with Gasteiger partial charge in [0, 0.05) is 10.0 Å². The third-order valence-electron chi connectivity index (χ3n) is 1.64. The molecule has 2 rings (SSSR count). The minimum Gasteiger partial charge on any atom is -0.304 e. The Labute approximate surface area is 79.0 Å². The molecule has 0 spiro atoms. The molecule has 0 radical (unpaired) electrons. The van der Waals surface area contributed by atoms with E-state index in [9.17, 15) is 0 Å². The van der Waals surface area contributed by atoms with Gasteiger partial charge in [-0.25, -0.2) is 10.4 Å². The molecule has 3 nitrogen and oxygen atoms in total. The van der Waals surface area contributed by atoms with Gasteiger partial charge in [0.05, 0.1) is 0 Å². The highest BCUT2D eigenvalue weighted by Crippen LogP contribution is 2.10. The summed E-state index contributed by atoms with van der Waals surface area (Å²) in [6, 6.07) is 8.03. The SMILES string of the molecule is Brc1ccc(C2=NCNN2)cc1. The molecule has 1 heterocycles. The highest BCUT2D eigenvalue weighted by molar-refractivity contribution is 9.10. The van der Waals surface area contributed by atoms with Crippen LogP contribution in [-0.2, 0) is 0 Å². The minimum absolute atomic E-state index is 0.644. The second-order valence-electron chi connectivity index (χ2n) is 2.47. The first-order valence-electron chi connectivity index (χ1n) is 3.65. The fraction of sp³-hybridized carbons (Fsp3) is 0.125. The normalized spacial score (nSPS) is 15.6. The molecule has 0 saturated carbocycles. The zero-order valence-electron chi connectivity index (χ0n) is 6.34. The summed E-state index contributed by atoms with van der Waals surface area (Å²) in [7, 11) is 0. The number of benzene rings is 1. The van der Waals surface area contributed by atoms with Crippen molar-refractivity contribution >= 4 is 21.8 Å². The Kier molecular flexibility index (Phi) is 2.10. The van der Waals surface area contributed by atoms with Crippen molar-refractivity contribution < 1.29 is 0 Å². The van der Waals surface area contributed by atoms with E-state index < -0.39 is 0 Å². The van der Waals surface area contributed by atoms with Gasteiger partial charge in [-0.2, -0.15) is 0 Å². The van der Waals surface area contributed by atoms with E-state index in [1.54, 1.807) is 0 Å². The number of aliphatic imine (C=N–C) groups is 1. The highest BCUT2D eigenvalue weighted by atomic mass is 79.9. The lowest BCUT2D eigenvalue weighted by atomic mass is 10.2. The third-order valence-corrected chi connectivity index (χ3v) is 2.17. The average molecular weight is 226 g/mol. The van der Waals surface area contributed by atoms with Gasteiger partial charge in [-0.3, -0.25) is 0 Å². The monoisotopic (exact) mass is 225 g/mol. The smallest absolute Gasteiger partial charge is 0.144 e. The summed E-state index contributed by atoms with van der Waals surface area (Å²) in [5.41, 5.74) is 7.00. The van der Waals surface area contributed by atoms with Gasteiger partial charge in [0.25, 0.3) is 0 Å². The second-order valence-corrected chi connectivity index (χ2v) is 3.39. The number of nitrogens with one attached hydrogen (secondary N) is 2. The molecule has 1 aromatic carbocycles. The first-order chi connectivity index (χ1) is 5.86. The predicted octanol–water partition coefficient (Wildman–Crippen LogP) is 1.26. The lowest BCUT2D eigenvalue weighted by Crippen LogP contribution is -2.30. The maximum absolute atomic E-state index is 4.21. The van der Waals surface area contributed by atoms with E-state index in [2.05, 4.69) is 31.8 Å². The van der Waals surface area contributed by atoms with Crippen molar-refractivity contribution in [3.8, 4) is 0 Å². The molecule has 0 fully saturated rings. The molecule has 1 aromatic rings. The Morgan fingerprint density at radius 1 is 1.25 bits per heavy atom. The van der Waals surface area contributed by atoms with Crippen LogP contribution in [0.25, 0.3) is 0 Å². The summed E-state index contributed by atoms with van der Waals surface area (Å²) >= 11 is 3.38. The van der Waals surface area contributed by atoms with Crippen molar-refractivity contribution in [3.63, 3.8) is 0 Å². The lowest BCUT2D eigenvalue weighted by Gasteiger charge is -2.00. The number of rotatable bonds is 1. The molecule has 0 amide bonds. The number of halogens is 1.